The van der Waals surface area contributed by atoms with Gasteiger partial charge in [-0.25, -0.2) is 8.78 Å². The molecule has 1 aliphatic rings. The average molecular weight is 503 g/mol. The Morgan fingerprint density at radius 3 is 2.19 bits per heavy atom. The summed E-state index contributed by atoms with van der Waals surface area (Å²) in [5.41, 5.74) is 1.37. The summed E-state index contributed by atoms with van der Waals surface area (Å²) in [6, 6.07) is 11.7. The number of rotatable bonds is 8. The zero-order valence-corrected chi connectivity index (χ0v) is 20.1. The highest BCUT2D eigenvalue weighted by Gasteiger charge is 2.29. The second kappa shape index (κ2) is 11.3. The molecule has 0 aromatic heterocycles. The van der Waals surface area contributed by atoms with Crippen LogP contribution in [0.15, 0.2) is 48.5 Å². The number of aliphatic hydroxyl groups excluding tert-OH is 1. The Hall–Kier alpha value is -3.06. The maximum atomic E-state index is 14.9. The monoisotopic (exact) mass is 502 g/mol. The van der Waals surface area contributed by atoms with Crippen LogP contribution in [0.4, 0.5) is 17.6 Å². The summed E-state index contributed by atoms with van der Waals surface area (Å²) in [7, 11) is 0. The van der Waals surface area contributed by atoms with Crippen molar-refractivity contribution in [2.45, 2.75) is 64.1 Å². The molecule has 3 aromatic carbocycles. The second-order valence-electron chi connectivity index (χ2n) is 9.49. The lowest BCUT2D eigenvalue weighted by atomic mass is 9.76. The van der Waals surface area contributed by atoms with Crippen LogP contribution in [0.1, 0.15) is 62.5 Å². The fourth-order valence-corrected chi connectivity index (χ4v) is 5.02. The Bertz CT molecular complexity index is 1190. The van der Waals surface area contributed by atoms with E-state index in [0.29, 0.717) is 29.5 Å². The molecule has 4 rings (SSSR count). The van der Waals surface area contributed by atoms with Gasteiger partial charge in [-0.15, -0.1) is 0 Å². The summed E-state index contributed by atoms with van der Waals surface area (Å²) >= 11 is 0. The maximum Gasteiger partial charge on any atom is 0.200 e. The van der Waals surface area contributed by atoms with Crippen molar-refractivity contribution in [2.75, 3.05) is 0 Å². The van der Waals surface area contributed by atoms with Crippen molar-refractivity contribution in [3.8, 4) is 22.6 Å². The number of aromatic hydroxyl groups is 1. The van der Waals surface area contributed by atoms with Crippen molar-refractivity contribution in [1.29, 1.82) is 0 Å². The van der Waals surface area contributed by atoms with Crippen LogP contribution in [-0.2, 0) is 6.61 Å². The number of phenols is 1. The van der Waals surface area contributed by atoms with Crippen LogP contribution in [0.25, 0.3) is 11.1 Å². The Morgan fingerprint density at radius 1 is 0.833 bits per heavy atom. The van der Waals surface area contributed by atoms with Crippen molar-refractivity contribution >= 4 is 0 Å². The van der Waals surface area contributed by atoms with Gasteiger partial charge in [0.15, 0.2) is 23.1 Å². The molecule has 1 atom stereocenters. The minimum atomic E-state index is -1.32. The van der Waals surface area contributed by atoms with E-state index in [9.17, 15) is 27.8 Å². The van der Waals surface area contributed by atoms with Gasteiger partial charge in [-0.1, -0.05) is 43.7 Å². The quantitative estimate of drug-likeness (QED) is 0.312. The highest BCUT2D eigenvalue weighted by molar-refractivity contribution is 5.65. The molecule has 0 heterocycles. The Morgan fingerprint density at radius 2 is 1.53 bits per heavy atom. The molecule has 1 unspecified atom stereocenters. The van der Waals surface area contributed by atoms with E-state index in [-0.39, 0.29) is 35.9 Å². The molecule has 1 saturated carbocycles. The van der Waals surface area contributed by atoms with E-state index in [4.69, 9.17) is 4.74 Å². The lowest BCUT2D eigenvalue weighted by molar-refractivity contribution is 0.0727. The van der Waals surface area contributed by atoms with E-state index < -0.39 is 29.0 Å². The lowest BCUT2D eigenvalue weighted by Gasteiger charge is -2.32. The van der Waals surface area contributed by atoms with Crippen LogP contribution in [0.5, 0.6) is 11.5 Å². The van der Waals surface area contributed by atoms with Crippen LogP contribution in [0, 0.1) is 29.2 Å². The molecule has 0 amide bonds. The Balaban J connectivity index is 1.39. The summed E-state index contributed by atoms with van der Waals surface area (Å²) in [6.07, 6.45) is 4.36. The lowest BCUT2D eigenvalue weighted by Crippen LogP contribution is -2.25. The molecule has 1 fully saturated rings. The van der Waals surface area contributed by atoms with E-state index in [1.165, 1.54) is 12.1 Å². The molecule has 0 aliphatic heterocycles. The molecule has 3 aromatic rings. The van der Waals surface area contributed by atoms with Gasteiger partial charge in [-0.05, 0) is 78.8 Å². The SMILES string of the molecule is CCCC(O)C1CCC(c2ccc(OCc3ccc(-c4ccc(O)c(F)c4F)cc3)c(F)c2F)CC1. The third-order valence-electron chi connectivity index (χ3n) is 7.14. The molecule has 0 spiro atoms. The number of hydrogen-bond acceptors (Lipinski definition) is 3. The highest BCUT2D eigenvalue weighted by atomic mass is 19.2. The minimum absolute atomic E-state index is 0.00428. The topological polar surface area (TPSA) is 49.7 Å². The van der Waals surface area contributed by atoms with Crippen LogP contribution < -0.4 is 4.74 Å². The van der Waals surface area contributed by atoms with E-state index in [1.54, 1.807) is 30.3 Å². The molecule has 36 heavy (non-hydrogen) atoms. The number of halogens is 4. The van der Waals surface area contributed by atoms with E-state index in [2.05, 4.69) is 0 Å². The van der Waals surface area contributed by atoms with Gasteiger partial charge in [-0.3, -0.25) is 0 Å². The average Bonchev–Trinajstić information content (AvgIpc) is 2.89. The number of phenolic OH excluding ortho intramolecular Hbond substituents is 1. The van der Waals surface area contributed by atoms with E-state index >= 15 is 0 Å². The predicted octanol–water partition coefficient (Wildman–Crippen LogP) is 7.63. The van der Waals surface area contributed by atoms with Crippen molar-refractivity contribution in [1.82, 2.24) is 0 Å². The molecule has 7 heteroatoms. The number of hydrogen-bond donors (Lipinski definition) is 2. The largest absolute Gasteiger partial charge is 0.505 e. The van der Waals surface area contributed by atoms with Crippen LogP contribution >= 0.6 is 0 Å². The summed E-state index contributed by atoms with van der Waals surface area (Å²) in [4.78, 5) is 0. The van der Waals surface area contributed by atoms with Crippen LogP contribution in [0.3, 0.4) is 0 Å². The molecule has 192 valence electrons. The van der Waals surface area contributed by atoms with Gasteiger partial charge < -0.3 is 14.9 Å². The van der Waals surface area contributed by atoms with Gasteiger partial charge in [0, 0.05) is 5.56 Å². The van der Waals surface area contributed by atoms with E-state index in [1.807, 2.05) is 6.92 Å². The highest BCUT2D eigenvalue weighted by Crippen LogP contribution is 2.40. The molecule has 3 nitrogen and oxygen atoms in total. The summed E-state index contributed by atoms with van der Waals surface area (Å²) in [5.74, 6) is -5.22. The van der Waals surface area contributed by atoms with Gasteiger partial charge in [0.2, 0.25) is 11.6 Å². The van der Waals surface area contributed by atoms with Crippen LogP contribution in [-0.4, -0.2) is 16.3 Å². The van der Waals surface area contributed by atoms with Gasteiger partial charge in [0.1, 0.15) is 6.61 Å². The first-order chi connectivity index (χ1) is 17.3. The molecule has 1 aliphatic carbocycles. The molecule has 2 N–H and O–H groups in total. The summed E-state index contributed by atoms with van der Waals surface area (Å²) < 4.78 is 62.9. The van der Waals surface area contributed by atoms with Crippen molar-refractivity contribution in [2.24, 2.45) is 5.92 Å². The first-order valence-electron chi connectivity index (χ1n) is 12.3. The van der Waals surface area contributed by atoms with Crippen LogP contribution in [0.2, 0.25) is 0 Å². The Kier molecular flexibility index (Phi) is 8.19. The zero-order valence-electron chi connectivity index (χ0n) is 20.1. The fourth-order valence-electron chi connectivity index (χ4n) is 5.02. The van der Waals surface area contributed by atoms with Gasteiger partial charge in [0.25, 0.3) is 0 Å². The second-order valence-corrected chi connectivity index (χ2v) is 9.49. The predicted molar refractivity (Wildman–Crippen MR) is 130 cm³/mol. The van der Waals surface area contributed by atoms with Crippen molar-refractivity contribution in [3.63, 3.8) is 0 Å². The standard InChI is InChI=1S/C29H30F4O3/c1-2-3-23(34)20-10-8-19(9-11-20)22-13-15-25(29(33)27(22)31)36-16-17-4-6-18(7-5-17)21-12-14-24(35)28(32)26(21)30/h4-7,12-15,19-20,23,34-35H,2-3,8-11,16H2,1H3. The third kappa shape index (κ3) is 5.51. The number of benzene rings is 3. The minimum Gasteiger partial charge on any atom is -0.505 e. The smallest absolute Gasteiger partial charge is 0.200 e. The van der Waals surface area contributed by atoms with E-state index in [0.717, 1.165) is 31.7 Å². The summed E-state index contributed by atoms with van der Waals surface area (Å²) in [6.45, 7) is 2.00. The fraction of sp³-hybridized carbons (Fsp3) is 0.379. The Labute approximate surface area is 208 Å². The first-order valence-corrected chi connectivity index (χ1v) is 12.3. The van der Waals surface area contributed by atoms with Crippen molar-refractivity contribution < 1.29 is 32.5 Å². The molecular weight excluding hydrogens is 472 g/mol. The first kappa shape index (κ1) is 26.0. The zero-order chi connectivity index (χ0) is 25.8. The number of aliphatic hydroxyl groups is 1. The third-order valence-corrected chi connectivity index (χ3v) is 7.14. The molecule has 0 bridgehead atoms. The van der Waals surface area contributed by atoms with Gasteiger partial charge >= 0.3 is 0 Å². The molecule has 0 radical (unpaired) electrons. The van der Waals surface area contributed by atoms with Crippen molar-refractivity contribution in [3.05, 3.63) is 82.9 Å². The number of ether oxygens (including phenoxy) is 1. The molecular formula is C29H30F4O3. The molecule has 0 saturated heterocycles. The van der Waals surface area contributed by atoms with Gasteiger partial charge in [0.05, 0.1) is 6.10 Å². The maximum absolute atomic E-state index is 14.9. The normalized spacial score (nSPS) is 18.7. The van der Waals surface area contributed by atoms with Gasteiger partial charge in [-0.2, -0.15) is 8.78 Å². The summed E-state index contributed by atoms with van der Waals surface area (Å²) in [5, 5.41) is 19.5.